The molecule has 0 aromatic heterocycles. The van der Waals surface area contributed by atoms with Gasteiger partial charge in [0.25, 0.3) is 15.9 Å². The van der Waals surface area contributed by atoms with Crippen LogP contribution in [0.25, 0.3) is 0 Å². The zero-order valence-electron chi connectivity index (χ0n) is 20.7. The molecule has 1 atom stereocenters. The third-order valence-corrected chi connectivity index (χ3v) is 7.58. The second-order valence-corrected chi connectivity index (χ2v) is 11.5. The number of hydrogen-bond acceptors (Lipinski definition) is 5. The highest BCUT2D eigenvalue weighted by Gasteiger charge is 2.40. The average Bonchev–Trinajstić information content (AvgIpc) is 2.99. The number of nitrogens with zero attached hydrogens (tertiary/aromatic N) is 2. The molecule has 1 N–H and O–H groups in total. The lowest BCUT2D eigenvalue weighted by Gasteiger charge is -2.33. The number of carbonyl (C=O) groups excluding carboxylic acids is 3. The number of benzene rings is 2. The Kier molecular flexibility index (Phi) is 8.00. The van der Waals surface area contributed by atoms with Crippen LogP contribution in [0.5, 0.6) is 0 Å². The molecule has 1 aliphatic rings. The molecule has 188 valence electrons. The van der Waals surface area contributed by atoms with Crippen molar-refractivity contribution in [3.8, 4) is 0 Å². The van der Waals surface area contributed by atoms with Crippen molar-refractivity contribution >= 4 is 27.7 Å². The quantitative estimate of drug-likeness (QED) is 0.570. The Morgan fingerprint density at radius 2 is 1.66 bits per heavy atom. The van der Waals surface area contributed by atoms with Crippen LogP contribution in [0.3, 0.4) is 0 Å². The maximum atomic E-state index is 13.3. The molecule has 0 saturated carbocycles. The number of hydrogen-bond donors (Lipinski definition) is 1. The van der Waals surface area contributed by atoms with Gasteiger partial charge in [-0.25, -0.2) is 12.7 Å². The van der Waals surface area contributed by atoms with Crippen LogP contribution in [-0.4, -0.2) is 53.5 Å². The van der Waals surface area contributed by atoms with Crippen LogP contribution < -0.4 is 5.32 Å². The maximum absolute atomic E-state index is 13.3. The number of sulfonamides is 1. The van der Waals surface area contributed by atoms with Crippen molar-refractivity contribution in [3.05, 3.63) is 65.7 Å². The van der Waals surface area contributed by atoms with E-state index >= 15 is 0 Å². The minimum Gasteiger partial charge on any atom is -0.350 e. The summed E-state index contributed by atoms with van der Waals surface area (Å²) in [5.41, 5.74) is 0.580. The normalized spacial score (nSPS) is 15.4. The summed E-state index contributed by atoms with van der Waals surface area (Å²) in [6.07, 6.45) is 0.580. The van der Waals surface area contributed by atoms with E-state index in [0.717, 1.165) is 9.87 Å². The Morgan fingerprint density at radius 3 is 2.26 bits per heavy atom. The Morgan fingerprint density at radius 1 is 1.03 bits per heavy atom. The van der Waals surface area contributed by atoms with Gasteiger partial charge in [0.1, 0.15) is 10.9 Å². The van der Waals surface area contributed by atoms with Gasteiger partial charge in [-0.15, -0.1) is 0 Å². The SMILES string of the molecule is CCC(C(=O)NC(C)(C)C)N(Cc1ccccc1)C(=O)CCCN1C(=O)c2ccccc2S1(=O)=O. The summed E-state index contributed by atoms with van der Waals surface area (Å²) in [5.74, 6) is -1.09. The van der Waals surface area contributed by atoms with E-state index in [9.17, 15) is 22.8 Å². The monoisotopic (exact) mass is 499 g/mol. The van der Waals surface area contributed by atoms with Gasteiger partial charge in [0, 0.05) is 25.0 Å². The van der Waals surface area contributed by atoms with Crippen LogP contribution in [-0.2, 0) is 26.2 Å². The summed E-state index contributed by atoms with van der Waals surface area (Å²) in [4.78, 5) is 40.5. The van der Waals surface area contributed by atoms with Gasteiger partial charge in [0.2, 0.25) is 11.8 Å². The number of fused-ring (bicyclic) bond motifs is 1. The summed E-state index contributed by atoms with van der Waals surface area (Å²) in [6, 6.07) is 14.8. The molecule has 3 rings (SSSR count). The van der Waals surface area contributed by atoms with E-state index in [4.69, 9.17) is 0 Å². The smallest absolute Gasteiger partial charge is 0.269 e. The molecule has 8 nitrogen and oxygen atoms in total. The molecule has 0 radical (unpaired) electrons. The Bertz CT molecular complexity index is 1190. The topological polar surface area (TPSA) is 104 Å². The van der Waals surface area contributed by atoms with Gasteiger partial charge >= 0.3 is 0 Å². The van der Waals surface area contributed by atoms with E-state index in [-0.39, 0.29) is 48.2 Å². The minimum absolute atomic E-state index is 0.00176. The van der Waals surface area contributed by atoms with Crippen molar-refractivity contribution in [1.82, 2.24) is 14.5 Å². The van der Waals surface area contributed by atoms with E-state index in [2.05, 4.69) is 5.32 Å². The Balaban J connectivity index is 1.74. The molecule has 1 heterocycles. The molecule has 2 aromatic rings. The lowest BCUT2D eigenvalue weighted by atomic mass is 10.0. The van der Waals surface area contributed by atoms with Gasteiger partial charge in [-0.05, 0) is 51.3 Å². The molecular formula is C26H33N3O5S. The Hall–Kier alpha value is -3.20. The van der Waals surface area contributed by atoms with Crippen LogP contribution >= 0.6 is 0 Å². The molecule has 1 aliphatic heterocycles. The van der Waals surface area contributed by atoms with E-state index in [1.54, 1.807) is 17.0 Å². The highest BCUT2D eigenvalue weighted by molar-refractivity contribution is 7.90. The largest absolute Gasteiger partial charge is 0.350 e. The second kappa shape index (κ2) is 10.6. The minimum atomic E-state index is -3.92. The van der Waals surface area contributed by atoms with Crippen LogP contribution in [0.1, 0.15) is 62.9 Å². The molecule has 35 heavy (non-hydrogen) atoms. The van der Waals surface area contributed by atoms with Crippen LogP contribution in [0, 0.1) is 0 Å². The zero-order chi connectivity index (χ0) is 25.8. The van der Waals surface area contributed by atoms with Gasteiger partial charge < -0.3 is 10.2 Å². The summed E-state index contributed by atoms with van der Waals surface area (Å²) in [5, 5.41) is 2.95. The van der Waals surface area contributed by atoms with Crippen LogP contribution in [0.4, 0.5) is 0 Å². The molecule has 2 aromatic carbocycles. The molecule has 3 amide bonds. The van der Waals surface area contributed by atoms with Crippen molar-refractivity contribution in [1.29, 1.82) is 0 Å². The number of carbonyl (C=O) groups is 3. The highest BCUT2D eigenvalue weighted by Crippen LogP contribution is 2.30. The molecular weight excluding hydrogens is 466 g/mol. The average molecular weight is 500 g/mol. The second-order valence-electron chi connectivity index (χ2n) is 9.65. The van der Waals surface area contributed by atoms with E-state index in [1.165, 1.54) is 12.1 Å². The lowest BCUT2D eigenvalue weighted by molar-refractivity contribution is -0.142. The fourth-order valence-electron chi connectivity index (χ4n) is 4.12. The standard InChI is InChI=1S/C26H33N3O5S/c1-5-21(24(31)27-26(2,3)4)28(18-19-12-7-6-8-13-19)23(30)16-11-17-29-25(32)20-14-9-10-15-22(20)35(29,33)34/h6-10,12-15,21H,5,11,16-18H2,1-4H3,(H,27,31). The van der Waals surface area contributed by atoms with Crippen molar-refractivity contribution in [2.24, 2.45) is 0 Å². The van der Waals surface area contributed by atoms with Crippen LogP contribution in [0.2, 0.25) is 0 Å². The maximum Gasteiger partial charge on any atom is 0.269 e. The van der Waals surface area contributed by atoms with Crippen molar-refractivity contribution in [3.63, 3.8) is 0 Å². The van der Waals surface area contributed by atoms with E-state index < -0.39 is 27.5 Å². The number of amides is 3. The predicted octanol–water partition coefficient (Wildman–Crippen LogP) is 3.33. The van der Waals surface area contributed by atoms with E-state index in [0.29, 0.717) is 6.42 Å². The summed E-state index contributed by atoms with van der Waals surface area (Å²) >= 11 is 0. The van der Waals surface area contributed by atoms with Gasteiger partial charge in [0.15, 0.2) is 0 Å². The number of nitrogens with one attached hydrogen (secondary N) is 1. The third-order valence-electron chi connectivity index (χ3n) is 5.74. The molecule has 9 heteroatoms. The molecule has 0 aliphatic carbocycles. The molecule has 0 saturated heterocycles. The lowest BCUT2D eigenvalue weighted by Crippen LogP contribution is -2.53. The van der Waals surface area contributed by atoms with Gasteiger partial charge in [-0.1, -0.05) is 49.4 Å². The van der Waals surface area contributed by atoms with Crippen molar-refractivity contribution in [2.45, 2.75) is 70.0 Å². The summed E-state index contributed by atoms with van der Waals surface area (Å²) in [6.45, 7) is 7.64. The summed E-state index contributed by atoms with van der Waals surface area (Å²) < 4.78 is 26.4. The fraction of sp³-hybridized carbons (Fsp3) is 0.423. The molecule has 0 bridgehead atoms. The molecule has 0 fully saturated rings. The first-order valence-electron chi connectivity index (χ1n) is 11.8. The van der Waals surface area contributed by atoms with Crippen molar-refractivity contribution < 1.29 is 22.8 Å². The molecule has 1 unspecified atom stereocenters. The fourth-order valence-corrected chi connectivity index (χ4v) is 5.73. The summed E-state index contributed by atoms with van der Waals surface area (Å²) in [7, 11) is -3.92. The van der Waals surface area contributed by atoms with E-state index in [1.807, 2.05) is 58.0 Å². The van der Waals surface area contributed by atoms with Gasteiger partial charge in [0.05, 0.1) is 5.56 Å². The zero-order valence-corrected chi connectivity index (χ0v) is 21.5. The van der Waals surface area contributed by atoms with Gasteiger partial charge in [-0.3, -0.25) is 14.4 Å². The first kappa shape index (κ1) is 26.4. The number of rotatable bonds is 9. The highest BCUT2D eigenvalue weighted by atomic mass is 32.2. The first-order chi connectivity index (χ1) is 16.5. The van der Waals surface area contributed by atoms with Crippen LogP contribution in [0.15, 0.2) is 59.5 Å². The molecule has 0 spiro atoms. The van der Waals surface area contributed by atoms with Crippen molar-refractivity contribution in [2.75, 3.05) is 6.54 Å². The Labute approximate surface area is 207 Å². The van der Waals surface area contributed by atoms with Gasteiger partial charge in [-0.2, -0.15) is 0 Å². The first-order valence-corrected chi connectivity index (χ1v) is 13.2. The predicted molar refractivity (Wildman–Crippen MR) is 133 cm³/mol. The third kappa shape index (κ3) is 6.08.